The number of amides is 1. The second kappa shape index (κ2) is 4.56. The van der Waals surface area contributed by atoms with Gasteiger partial charge >= 0.3 is 0 Å². The molecule has 3 atom stereocenters. The van der Waals surface area contributed by atoms with Crippen LogP contribution in [0.2, 0.25) is 0 Å². The predicted octanol–water partition coefficient (Wildman–Crippen LogP) is 2.02. The summed E-state index contributed by atoms with van der Waals surface area (Å²) in [6, 6.07) is 2.03. The largest absolute Gasteiger partial charge is 0.461 e. The summed E-state index contributed by atoms with van der Waals surface area (Å²) in [5.74, 6) is 0.502. The van der Waals surface area contributed by atoms with Crippen LogP contribution >= 0.6 is 15.9 Å². The van der Waals surface area contributed by atoms with Gasteiger partial charge in [-0.25, -0.2) is 4.98 Å². The number of nitrogens with zero attached hydrogens (tertiary/aromatic N) is 2. The van der Waals surface area contributed by atoms with E-state index in [-0.39, 0.29) is 11.9 Å². The monoisotopic (exact) mass is 335 g/mol. The Morgan fingerprint density at radius 3 is 3.15 bits per heavy atom. The van der Waals surface area contributed by atoms with E-state index in [2.05, 4.69) is 31.1 Å². The average molecular weight is 336 g/mol. The van der Waals surface area contributed by atoms with Crippen LogP contribution in [-0.2, 0) is 0 Å². The van der Waals surface area contributed by atoms with Crippen molar-refractivity contribution in [2.45, 2.75) is 12.5 Å². The summed E-state index contributed by atoms with van der Waals surface area (Å²) in [4.78, 5) is 18.9. The molecule has 4 heterocycles. The third-order valence-electron chi connectivity index (χ3n) is 4.30. The van der Waals surface area contributed by atoms with Crippen LogP contribution in [0.4, 0.5) is 0 Å². The number of hydrogen-bond acceptors (Lipinski definition) is 4. The molecular formula is C14H14BrN3O2. The van der Waals surface area contributed by atoms with Gasteiger partial charge < -0.3 is 14.6 Å². The summed E-state index contributed by atoms with van der Waals surface area (Å²) >= 11 is 3.40. The van der Waals surface area contributed by atoms with Gasteiger partial charge in [-0.2, -0.15) is 0 Å². The molecule has 0 spiro atoms. The van der Waals surface area contributed by atoms with Crippen molar-refractivity contribution < 1.29 is 9.21 Å². The number of piperidine rings is 1. The summed E-state index contributed by atoms with van der Waals surface area (Å²) < 4.78 is 6.15. The Balaban J connectivity index is 1.56. The van der Waals surface area contributed by atoms with E-state index in [9.17, 15) is 4.79 Å². The van der Waals surface area contributed by atoms with E-state index in [4.69, 9.17) is 4.42 Å². The number of nitrogens with one attached hydrogen (secondary N) is 1. The number of rotatable bonds is 2. The van der Waals surface area contributed by atoms with E-state index in [0.717, 1.165) is 22.9 Å². The van der Waals surface area contributed by atoms with E-state index >= 15 is 0 Å². The summed E-state index contributed by atoms with van der Waals surface area (Å²) in [7, 11) is 0. The third-order valence-corrected chi connectivity index (χ3v) is 4.91. The van der Waals surface area contributed by atoms with Gasteiger partial charge in [0.1, 0.15) is 12.0 Å². The van der Waals surface area contributed by atoms with Gasteiger partial charge in [-0.1, -0.05) is 0 Å². The first-order valence-corrected chi connectivity index (χ1v) is 7.56. The molecule has 1 N–H and O–H groups in total. The van der Waals surface area contributed by atoms with Crippen molar-refractivity contribution in [1.82, 2.24) is 15.2 Å². The van der Waals surface area contributed by atoms with E-state index in [1.54, 1.807) is 18.5 Å². The molecule has 2 aliphatic heterocycles. The summed E-state index contributed by atoms with van der Waals surface area (Å²) in [6.45, 7) is 3.25. The molecule has 1 amide bonds. The lowest BCUT2D eigenvalue weighted by atomic mass is 10.00. The fourth-order valence-electron chi connectivity index (χ4n) is 3.22. The third kappa shape index (κ3) is 1.94. The van der Waals surface area contributed by atoms with Gasteiger partial charge in [-0.15, -0.1) is 0 Å². The summed E-state index contributed by atoms with van der Waals surface area (Å²) in [5, 5.41) is 3.99. The Hall–Kier alpha value is -1.40. The standard InChI is InChI=1S/C14H14BrN3O2/c15-10-7-20-13-4-16-11(3-9(10)13)14(19)17-12-6-18-2-1-8(12)5-18/h3-4,7-8,12H,1-2,5-6H2,(H,17,19). The number of hydrogen-bond donors (Lipinski definition) is 1. The minimum atomic E-state index is -0.0984. The van der Waals surface area contributed by atoms with Crippen LogP contribution in [0, 0.1) is 5.92 Å². The molecule has 2 fully saturated rings. The van der Waals surface area contributed by atoms with Gasteiger partial charge in [0.15, 0.2) is 5.58 Å². The van der Waals surface area contributed by atoms with E-state index < -0.39 is 0 Å². The molecule has 0 radical (unpaired) electrons. The molecule has 2 saturated heterocycles. The van der Waals surface area contributed by atoms with Crippen LogP contribution in [0.15, 0.2) is 27.4 Å². The number of carbonyl (C=O) groups excluding carboxylic acids is 1. The van der Waals surface area contributed by atoms with Crippen molar-refractivity contribution >= 4 is 32.8 Å². The molecule has 0 saturated carbocycles. The fraction of sp³-hybridized carbons (Fsp3) is 0.429. The molecular weight excluding hydrogens is 322 g/mol. The molecule has 4 rings (SSSR count). The lowest BCUT2D eigenvalue weighted by Gasteiger charge is -2.22. The van der Waals surface area contributed by atoms with Crippen LogP contribution in [0.5, 0.6) is 0 Å². The number of aromatic nitrogens is 1. The smallest absolute Gasteiger partial charge is 0.270 e. The van der Waals surface area contributed by atoms with Crippen molar-refractivity contribution in [3.05, 3.63) is 28.7 Å². The Bertz CT molecular complexity index is 684. The minimum Gasteiger partial charge on any atom is -0.461 e. The van der Waals surface area contributed by atoms with E-state index in [1.807, 2.05) is 0 Å². The normalized spacial score (nSPS) is 28.1. The molecule has 3 unspecified atom stereocenters. The highest BCUT2D eigenvalue weighted by atomic mass is 79.9. The first kappa shape index (κ1) is 12.3. The Morgan fingerprint density at radius 2 is 2.40 bits per heavy atom. The van der Waals surface area contributed by atoms with Crippen molar-refractivity contribution in [2.75, 3.05) is 19.6 Å². The van der Waals surface area contributed by atoms with Crippen molar-refractivity contribution in [3.8, 4) is 0 Å². The lowest BCUT2D eigenvalue weighted by molar-refractivity contribution is 0.0919. The Morgan fingerprint density at radius 1 is 1.50 bits per heavy atom. The van der Waals surface area contributed by atoms with Crippen LogP contribution in [0.1, 0.15) is 16.9 Å². The molecule has 2 aromatic rings. The minimum absolute atomic E-state index is 0.0984. The second-order valence-corrected chi connectivity index (χ2v) is 6.39. The molecule has 2 aromatic heterocycles. The maximum atomic E-state index is 12.3. The molecule has 0 aliphatic carbocycles. The molecule has 2 aliphatic rings. The van der Waals surface area contributed by atoms with Crippen LogP contribution in [-0.4, -0.2) is 41.5 Å². The van der Waals surface area contributed by atoms with E-state index in [0.29, 0.717) is 17.2 Å². The summed E-state index contributed by atoms with van der Waals surface area (Å²) in [5.41, 5.74) is 1.12. The number of pyridine rings is 1. The van der Waals surface area contributed by atoms with Gasteiger partial charge in [-0.3, -0.25) is 4.79 Å². The van der Waals surface area contributed by atoms with E-state index in [1.165, 1.54) is 13.0 Å². The zero-order chi connectivity index (χ0) is 13.7. The summed E-state index contributed by atoms with van der Waals surface area (Å²) in [6.07, 6.45) is 4.39. The highest BCUT2D eigenvalue weighted by Gasteiger charge is 2.38. The zero-order valence-electron chi connectivity index (χ0n) is 10.8. The molecule has 2 bridgehead atoms. The van der Waals surface area contributed by atoms with Gasteiger partial charge in [0.2, 0.25) is 0 Å². The Kier molecular flexibility index (Phi) is 2.82. The van der Waals surface area contributed by atoms with Crippen LogP contribution < -0.4 is 5.32 Å². The Labute approximate surface area is 124 Å². The maximum Gasteiger partial charge on any atom is 0.270 e. The first-order chi connectivity index (χ1) is 9.70. The second-order valence-electron chi connectivity index (χ2n) is 5.54. The molecule has 5 nitrogen and oxygen atoms in total. The van der Waals surface area contributed by atoms with Crippen LogP contribution in [0.25, 0.3) is 11.0 Å². The van der Waals surface area contributed by atoms with Gasteiger partial charge in [0.25, 0.3) is 5.91 Å². The van der Waals surface area contributed by atoms with Crippen molar-refractivity contribution in [3.63, 3.8) is 0 Å². The molecule has 20 heavy (non-hydrogen) atoms. The average Bonchev–Trinajstić information content (AvgIpc) is 3.15. The predicted molar refractivity (Wildman–Crippen MR) is 77.5 cm³/mol. The number of fused-ring (bicyclic) bond motifs is 3. The van der Waals surface area contributed by atoms with Gasteiger partial charge in [-0.05, 0) is 40.9 Å². The van der Waals surface area contributed by atoms with Crippen LogP contribution in [0.3, 0.4) is 0 Å². The highest BCUT2D eigenvalue weighted by Crippen LogP contribution is 2.28. The molecule has 104 valence electrons. The van der Waals surface area contributed by atoms with Crippen molar-refractivity contribution in [1.29, 1.82) is 0 Å². The fourth-order valence-corrected chi connectivity index (χ4v) is 3.62. The van der Waals surface area contributed by atoms with Gasteiger partial charge in [0.05, 0.1) is 10.7 Å². The topological polar surface area (TPSA) is 58.4 Å². The first-order valence-electron chi connectivity index (χ1n) is 6.76. The number of halogens is 1. The highest BCUT2D eigenvalue weighted by molar-refractivity contribution is 9.10. The molecule has 0 aromatic carbocycles. The zero-order valence-corrected chi connectivity index (χ0v) is 12.4. The quantitative estimate of drug-likeness (QED) is 0.912. The number of furan rings is 1. The SMILES string of the molecule is O=C(NC1CN2CCC1C2)c1cc2c(Br)coc2cn1. The van der Waals surface area contributed by atoms with Crippen molar-refractivity contribution in [2.24, 2.45) is 5.92 Å². The molecule has 6 heteroatoms. The maximum absolute atomic E-state index is 12.3. The number of carbonyl (C=O) groups is 1. The lowest BCUT2D eigenvalue weighted by Crippen LogP contribution is -2.43. The van der Waals surface area contributed by atoms with Gasteiger partial charge in [0, 0.05) is 24.5 Å².